The molecular formula is C20H34IN5O2S. The first-order chi connectivity index (χ1) is 13.6. The number of hydrogen-bond acceptors (Lipinski definition) is 5. The smallest absolute Gasteiger partial charge is 0.409 e. The van der Waals surface area contributed by atoms with Crippen LogP contribution in [0.3, 0.4) is 0 Å². The molecule has 2 unspecified atom stereocenters. The maximum atomic E-state index is 11.6. The molecule has 7 nitrogen and oxygen atoms in total. The lowest BCUT2D eigenvalue weighted by Gasteiger charge is -2.39. The summed E-state index contributed by atoms with van der Waals surface area (Å²) in [5.74, 6) is 1.42. The van der Waals surface area contributed by atoms with Gasteiger partial charge in [-0.3, -0.25) is 9.89 Å². The Bertz CT molecular complexity index is 649. The van der Waals surface area contributed by atoms with Crippen LogP contribution < -0.4 is 10.6 Å². The third-order valence-corrected chi connectivity index (χ3v) is 6.81. The van der Waals surface area contributed by atoms with Gasteiger partial charge in [0.1, 0.15) is 0 Å². The average Bonchev–Trinajstić information content (AvgIpc) is 3.25. The number of nitrogens with zero attached hydrogens (tertiary/aromatic N) is 3. The van der Waals surface area contributed by atoms with Crippen LogP contribution in [-0.2, 0) is 4.74 Å². The zero-order valence-corrected chi connectivity index (χ0v) is 20.7. The van der Waals surface area contributed by atoms with Crippen molar-refractivity contribution in [2.24, 2.45) is 10.9 Å². The van der Waals surface area contributed by atoms with Crippen molar-refractivity contribution < 1.29 is 9.53 Å². The van der Waals surface area contributed by atoms with Crippen molar-refractivity contribution in [1.29, 1.82) is 0 Å². The van der Waals surface area contributed by atoms with Crippen molar-refractivity contribution in [2.45, 2.75) is 37.8 Å². The molecule has 0 saturated carbocycles. The van der Waals surface area contributed by atoms with E-state index in [0.29, 0.717) is 18.0 Å². The number of guanidine groups is 1. The Labute approximate surface area is 195 Å². The second kappa shape index (κ2) is 11.9. The highest BCUT2D eigenvalue weighted by molar-refractivity contribution is 14.0. The molecule has 0 aliphatic carbocycles. The molecule has 1 aromatic heterocycles. The van der Waals surface area contributed by atoms with E-state index in [4.69, 9.17) is 4.74 Å². The van der Waals surface area contributed by atoms with E-state index in [0.717, 1.165) is 45.0 Å². The number of thiophene rings is 1. The Balaban J connectivity index is 0.00000300. The maximum absolute atomic E-state index is 11.6. The van der Waals surface area contributed by atoms with Crippen molar-refractivity contribution in [3.8, 4) is 0 Å². The summed E-state index contributed by atoms with van der Waals surface area (Å²) in [5, 5.41) is 9.26. The van der Waals surface area contributed by atoms with Gasteiger partial charge in [-0.1, -0.05) is 6.07 Å². The first kappa shape index (κ1) is 24.2. The number of nitrogens with one attached hydrogen (secondary N) is 2. The summed E-state index contributed by atoms with van der Waals surface area (Å²) in [5.41, 5.74) is 0. The van der Waals surface area contributed by atoms with E-state index < -0.39 is 0 Å². The van der Waals surface area contributed by atoms with Crippen LogP contribution in [0.25, 0.3) is 0 Å². The molecule has 1 amide bonds. The average molecular weight is 535 g/mol. The van der Waals surface area contributed by atoms with Gasteiger partial charge in [0.15, 0.2) is 5.96 Å². The zero-order chi connectivity index (χ0) is 19.9. The minimum Gasteiger partial charge on any atom is -0.453 e. The van der Waals surface area contributed by atoms with Gasteiger partial charge in [-0.05, 0) is 56.6 Å². The number of amides is 1. The first-order valence-corrected chi connectivity index (χ1v) is 11.0. The fourth-order valence-corrected chi connectivity index (χ4v) is 5.32. The van der Waals surface area contributed by atoms with Crippen LogP contribution in [0.15, 0.2) is 22.5 Å². The minimum atomic E-state index is -0.234. The van der Waals surface area contributed by atoms with Gasteiger partial charge < -0.3 is 20.3 Å². The van der Waals surface area contributed by atoms with Gasteiger partial charge in [0.2, 0.25) is 0 Å². The third-order valence-electron chi connectivity index (χ3n) is 5.87. The highest BCUT2D eigenvalue weighted by Gasteiger charge is 2.31. The van der Waals surface area contributed by atoms with Crippen LogP contribution in [0.1, 0.15) is 36.6 Å². The van der Waals surface area contributed by atoms with Crippen LogP contribution in [0, 0.1) is 5.92 Å². The van der Waals surface area contributed by atoms with Crippen LogP contribution in [0.4, 0.5) is 4.79 Å². The molecule has 2 saturated heterocycles. The van der Waals surface area contributed by atoms with Crippen LogP contribution in [0.2, 0.25) is 0 Å². The lowest BCUT2D eigenvalue weighted by Crippen LogP contribution is -2.51. The molecule has 0 aromatic carbocycles. The number of piperidine rings is 2. The van der Waals surface area contributed by atoms with E-state index in [1.165, 1.54) is 24.8 Å². The van der Waals surface area contributed by atoms with Gasteiger partial charge in [0, 0.05) is 43.6 Å². The summed E-state index contributed by atoms with van der Waals surface area (Å²) in [7, 11) is 5.49. The van der Waals surface area contributed by atoms with Crippen LogP contribution in [-0.4, -0.2) is 75.3 Å². The highest BCUT2D eigenvalue weighted by Crippen LogP contribution is 2.36. The molecule has 2 fully saturated rings. The predicted octanol–water partition coefficient (Wildman–Crippen LogP) is 3.14. The van der Waals surface area contributed by atoms with Gasteiger partial charge in [-0.15, -0.1) is 35.3 Å². The van der Waals surface area contributed by atoms with Gasteiger partial charge in [0.25, 0.3) is 0 Å². The predicted molar refractivity (Wildman–Crippen MR) is 129 cm³/mol. The number of carbonyl (C=O) groups excluding carboxylic acids is 1. The van der Waals surface area contributed by atoms with E-state index in [9.17, 15) is 4.79 Å². The molecule has 2 N–H and O–H groups in total. The SMILES string of the molecule is CN=C(NCC1CCCN(C)C1c1cccs1)NC1CCN(C(=O)OC)CC1.I. The molecule has 29 heavy (non-hydrogen) atoms. The number of carbonyl (C=O) groups is 1. The molecule has 2 aliphatic heterocycles. The van der Waals surface area contributed by atoms with Crippen LogP contribution >= 0.6 is 35.3 Å². The Kier molecular flexibility index (Phi) is 9.97. The molecule has 0 radical (unpaired) electrons. The minimum absolute atomic E-state index is 0. The maximum Gasteiger partial charge on any atom is 0.409 e. The van der Waals surface area contributed by atoms with Gasteiger partial charge >= 0.3 is 6.09 Å². The molecule has 0 spiro atoms. The molecule has 9 heteroatoms. The van der Waals surface area contributed by atoms with Gasteiger partial charge in [-0.2, -0.15) is 0 Å². The molecule has 3 rings (SSSR count). The standard InChI is InChI=1S/C20H33N5O2S.HI/c1-21-19(23-16-8-11-25(12-9-16)20(26)27-3)22-14-15-6-4-10-24(2)18(15)17-7-5-13-28-17;/h5,7,13,15-16,18H,4,6,8-12,14H2,1-3H3,(H2,21,22,23);1H. The summed E-state index contributed by atoms with van der Waals surface area (Å²) in [4.78, 5) is 21.7. The highest BCUT2D eigenvalue weighted by atomic mass is 127. The van der Waals surface area contributed by atoms with E-state index >= 15 is 0 Å². The molecule has 2 atom stereocenters. The monoisotopic (exact) mass is 535 g/mol. The molecular weight excluding hydrogens is 501 g/mol. The zero-order valence-electron chi connectivity index (χ0n) is 17.6. The number of rotatable bonds is 4. The molecule has 164 valence electrons. The van der Waals surface area contributed by atoms with Crippen molar-refractivity contribution in [3.63, 3.8) is 0 Å². The van der Waals surface area contributed by atoms with E-state index in [2.05, 4.69) is 45.1 Å². The van der Waals surface area contributed by atoms with Gasteiger partial charge in [0.05, 0.1) is 7.11 Å². The Morgan fingerprint density at radius 3 is 2.69 bits per heavy atom. The normalized spacial score (nSPS) is 24.0. The van der Waals surface area contributed by atoms with Crippen molar-refractivity contribution >= 4 is 47.4 Å². The lowest BCUT2D eigenvalue weighted by atomic mass is 9.88. The fourth-order valence-electron chi connectivity index (χ4n) is 4.33. The van der Waals surface area contributed by atoms with Gasteiger partial charge in [-0.25, -0.2) is 4.79 Å². The van der Waals surface area contributed by atoms with E-state index in [1.807, 2.05) is 18.4 Å². The number of halogens is 1. The quantitative estimate of drug-likeness (QED) is 0.353. The molecule has 3 heterocycles. The number of hydrogen-bond donors (Lipinski definition) is 2. The summed E-state index contributed by atoms with van der Waals surface area (Å²) in [6, 6.07) is 5.21. The topological polar surface area (TPSA) is 69.2 Å². The second-order valence-electron chi connectivity index (χ2n) is 7.67. The Morgan fingerprint density at radius 1 is 1.31 bits per heavy atom. The number of ether oxygens (including phenoxy) is 1. The lowest BCUT2D eigenvalue weighted by molar-refractivity contribution is 0.111. The van der Waals surface area contributed by atoms with Crippen molar-refractivity contribution in [2.75, 3.05) is 47.4 Å². The largest absolute Gasteiger partial charge is 0.453 e. The second-order valence-corrected chi connectivity index (χ2v) is 8.65. The number of methoxy groups -OCH3 is 1. The Hall–Kier alpha value is -1.07. The Morgan fingerprint density at radius 2 is 2.07 bits per heavy atom. The van der Waals surface area contributed by atoms with Crippen molar-refractivity contribution in [3.05, 3.63) is 22.4 Å². The molecule has 2 aliphatic rings. The van der Waals surface area contributed by atoms with Crippen molar-refractivity contribution in [1.82, 2.24) is 20.4 Å². The summed E-state index contributed by atoms with van der Waals surface area (Å²) < 4.78 is 4.81. The van der Waals surface area contributed by atoms with E-state index in [-0.39, 0.29) is 30.1 Å². The van der Waals surface area contributed by atoms with E-state index in [1.54, 1.807) is 4.90 Å². The summed E-state index contributed by atoms with van der Waals surface area (Å²) >= 11 is 1.85. The fraction of sp³-hybridized carbons (Fsp3) is 0.700. The summed E-state index contributed by atoms with van der Waals surface area (Å²) in [6.45, 7) is 3.50. The first-order valence-electron chi connectivity index (χ1n) is 10.2. The number of aliphatic imine (C=N–C) groups is 1. The summed E-state index contributed by atoms with van der Waals surface area (Å²) in [6.07, 6.45) is 4.04. The number of likely N-dealkylation sites (tertiary alicyclic amines) is 2. The van der Waals surface area contributed by atoms with Crippen LogP contribution in [0.5, 0.6) is 0 Å². The molecule has 1 aromatic rings. The molecule has 0 bridgehead atoms. The third kappa shape index (κ3) is 6.45.